The number of benzene rings is 1. The molecule has 1 aromatic heterocycles. The van der Waals surface area contributed by atoms with E-state index in [1.807, 2.05) is 24.3 Å². The molecule has 0 saturated carbocycles. The molecule has 0 bridgehead atoms. The van der Waals surface area contributed by atoms with Gasteiger partial charge < -0.3 is 10.3 Å². The maximum absolute atomic E-state index is 11.9. The van der Waals surface area contributed by atoms with Crippen molar-refractivity contribution in [2.45, 2.75) is 13.3 Å². The van der Waals surface area contributed by atoms with Crippen LogP contribution in [0, 0.1) is 0 Å². The number of anilines is 1. The van der Waals surface area contributed by atoms with Gasteiger partial charge in [0.15, 0.2) is 0 Å². The number of pyridine rings is 1. The second kappa shape index (κ2) is 5.31. The van der Waals surface area contributed by atoms with E-state index in [4.69, 9.17) is 0 Å². The Morgan fingerprint density at radius 2 is 1.94 bits per heavy atom. The number of amides is 1. The Hall–Kier alpha value is -2.36. The molecule has 2 N–H and O–H groups in total. The van der Waals surface area contributed by atoms with E-state index in [0.717, 1.165) is 12.1 Å². The van der Waals surface area contributed by atoms with Gasteiger partial charge in [-0.2, -0.15) is 0 Å². The number of carbonyl (C=O) groups excluding carboxylic acids is 1. The van der Waals surface area contributed by atoms with Gasteiger partial charge in [0.05, 0.1) is 0 Å². The summed E-state index contributed by atoms with van der Waals surface area (Å²) in [7, 11) is 0. The van der Waals surface area contributed by atoms with Crippen molar-refractivity contribution in [1.29, 1.82) is 0 Å². The molecule has 2 aromatic rings. The van der Waals surface area contributed by atoms with E-state index in [0.29, 0.717) is 5.56 Å². The van der Waals surface area contributed by atoms with Crippen LogP contribution < -0.4 is 10.9 Å². The summed E-state index contributed by atoms with van der Waals surface area (Å²) in [4.78, 5) is 25.4. The van der Waals surface area contributed by atoms with Crippen LogP contribution in [0.1, 0.15) is 22.8 Å². The minimum atomic E-state index is -0.288. The van der Waals surface area contributed by atoms with Gasteiger partial charge in [0.2, 0.25) is 5.56 Å². The summed E-state index contributed by atoms with van der Waals surface area (Å²) in [5.41, 5.74) is 1.99. The fraction of sp³-hybridized carbons (Fsp3) is 0.143. The lowest BCUT2D eigenvalue weighted by Gasteiger charge is -2.05. The Balaban J connectivity index is 2.13. The topological polar surface area (TPSA) is 62.0 Å². The first-order valence-corrected chi connectivity index (χ1v) is 5.78. The highest BCUT2D eigenvalue weighted by Gasteiger charge is 2.06. The molecule has 1 heterocycles. The molecule has 0 spiro atoms. The number of nitrogens with one attached hydrogen (secondary N) is 2. The third kappa shape index (κ3) is 2.85. The van der Waals surface area contributed by atoms with Gasteiger partial charge in [0.25, 0.3) is 5.91 Å². The lowest BCUT2D eigenvalue weighted by Crippen LogP contribution is -2.15. The molecule has 0 radical (unpaired) electrons. The zero-order valence-corrected chi connectivity index (χ0v) is 10.1. The monoisotopic (exact) mass is 242 g/mol. The second-order valence-corrected chi connectivity index (χ2v) is 3.95. The number of rotatable bonds is 3. The normalized spacial score (nSPS) is 10.1. The van der Waals surface area contributed by atoms with Crippen molar-refractivity contribution >= 4 is 11.6 Å². The first-order valence-electron chi connectivity index (χ1n) is 5.78. The van der Waals surface area contributed by atoms with E-state index in [-0.39, 0.29) is 11.5 Å². The molecule has 4 nitrogen and oxygen atoms in total. The number of hydrogen-bond donors (Lipinski definition) is 2. The molecule has 0 aliphatic carbocycles. The number of hydrogen-bond acceptors (Lipinski definition) is 2. The summed E-state index contributed by atoms with van der Waals surface area (Å²) >= 11 is 0. The summed E-state index contributed by atoms with van der Waals surface area (Å²) in [5, 5.41) is 2.75. The van der Waals surface area contributed by atoms with Crippen molar-refractivity contribution in [3.63, 3.8) is 0 Å². The molecular formula is C14H14N2O2. The molecule has 4 heteroatoms. The first-order chi connectivity index (χ1) is 8.69. The van der Waals surface area contributed by atoms with Crippen LogP contribution in [0.25, 0.3) is 0 Å². The van der Waals surface area contributed by atoms with Crippen LogP contribution in [0.3, 0.4) is 0 Å². The van der Waals surface area contributed by atoms with E-state index in [2.05, 4.69) is 17.2 Å². The fourth-order valence-electron chi connectivity index (χ4n) is 1.61. The minimum absolute atomic E-state index is 0.287. The highest BCUT2D eigenvalue weighted by atomic mass is 16.2. The van der Waals surface area contributed by atoms with Crippen molar-refractivity contribution in [3.05, 3.63) is 64.1 Å². The van der Waals surface area contributed by atoms with Crippen LogP contribution in [0.2, 0.25) is 0 Å². The van der Waals surface area contributed by atoms with E-state index in [1.54, 1.807) is 6.07 Å². The zero-order valence-electron chi connectivity index (χ0n) is 10.1. The van der Waals surface area contributed by atoms with Gasteiger partial charge in [0, 0.05) is 23.5 Å². The van der Waals surface area contributed by atoms with E-state index >= 15 is 0 Å². The Bertz CT molecular complexity index is 600. The van der Waals surface area contributed by atoms with Gasteiger partial charge in [-0.3, -0.25) is 9.59 Å². The van der Waals surface area contributed by atoms with Crippen molar-refractivity contribution in [1.82, 2.24) is 4.98 Å². The van der Waals surface area contributed by atoms with E-state index in [9.17, 15) is 9.59 Å². The zero-order chi connectivity index (χ0) is 13.0. The SMILES string of the molecule is CCc1ccc(NC(=O)c2cc[nH]c(=O)c2)cc1. The number of H-pyrrole nitrogens is 1. The third-order valence-electron chi connectivity index (χ3n) is 2.66. The molecule has 1 aromatic carbocycles. The Morgan fingerprint density at radius 3 is 2.56 bits per heavy atom. The number of aryl methyl sites for hydroxylation is 1. The predicted octanol–water partition coefficient (Wildman–Crippen LogP) is 2.19. The van der Waals surface area contributed by atoms with Crippen molar-refractivity contribution in [2.75, 3.05) is 5.32 Å². The molecular weight excluding hydrogens is 228 g/mol. The van der Waals surface area contributed by atoms with Crippen LogP contribution in [0.5, 0.6) is 0 Å². The number of aromatic amines is 1. The maximum atomic E-state index is 11.9. The predicted molar refractivity (Wildman–Crippen MR) is 70.8 cm³/mol. The minimum Gasteiger partial charge on any atom is -0.329 e. The Labute approximate surface area is 105 Å². The van der Waals surface area contributed by atoms with Gasteiger partial charge in [-0.25, -0.2) is 0 Å². The summed E-state index contributed by atoms with van der Waals surface area (Å²) in [5.74, 6) is -0.287. The Morgan fingerprint density at radius 1 is 1.22 bits per heavy atom. The van der Waals surface area contributed by atoms with Crippen LogP contribution >= 0.6 is 0 Å². The molecule has 2 rings (SSSR count). The van der Waals surface area contributed by atoms with E-state index < -0.39 is 0 Å². The van der Waals surface area contributed by atoms with Gasteiger partial charge in [0.1, 0.15) is 0 Å². The maximum Gasteiger partial charge on any atom is 0.255 e. The van der Waals surface area contributed by atoms with Gasteiger partial charge in [-0.05, 0) is 30.2 Å². The summed E-state index contributed by atoms with van der Waals surface area (Å²) in [6, 6.07) is 10.5. The summed E-state index contributed by atoms with van der Waals surface area (Å²) in [6.45, 7) is 2.07. The molecule has 0 aliphatic heterocycles. The molecule has 0 unspecified atom stereocenters. The van der Waals surface area contributed by atoms with Gasteiger partial charge >= 0.3 is 0 Å². The van der Waals surface area contributed by atoms with Gasteiger partial charge in [-0.1, -0.05) is 19.1 Å². The molecule has 92 valence electrons. The smallest absolute Gasteiger partial charge is 0.255 e. The summed E-state index contributed by atoms with van der Waals surface area (Å²) < 4.78 is 0. The van der Waals surface area contributed by atoms with Crippen molar-refractivity contribution in [3.8, 4) is 0 Å². The molecule has 0 atom stereocenters. The highest BCUT2D eigenvalue weighted by Crippen LogP contribution is 2.11. The van der Waals surface area contributed by atoms with Crippen LogP contribution in [-0.4, -0.2) is 10.9 Å². The fourth-order valence-corrected chi connectivity index (χ4v) is 1.61. The third-order valence-corrected chi connectivity index (χ3v) is 2.66. The highest BCUT2D eigenvalue weighted by molar-refractivity contribution is 6.04. The standard InChI is InChI=1S/C14H14N2O2/c1-2-10-3-5-12(6-4-10)16-14(18)11-7-8-15-13(17)9-11/h3-9H,2H2,1H3,(H,15,17)(H,16,18). The molecule has 0 fully saturated rings. The molecule has 0 saturated heterocycles. The van der Waals surface area contributed by atoms with Crippen molar-refractivity contribution in [2.24, 2.45) is 0 Å². The second-order valence-electron chi connectivity index (χ2n) is 3.95. The van der Waals surface area contributed by atoms with Crippen LogP contribution in [-0.2, 0) is 6.42 Å². The molecule has 1 amide bonds. The largest absolute Gasteiger partial charge is 0.329 e. The van der Waals surface area contributed by atoms with Crippen molar-refractivity contribution < 1.29 is 4.79 Å². The summed E-state index contributed by atoms with van der Waals surface area (Å²) in [6.07, 6.45) is 2.42. The quantitative estimate of drug-likeness (QED) is 0.866. The number of carbonyl (C=O) groups is 1. The molecule has 0 aliphatic rings. The average molecular weight is 242 g/mol. The number of aromatic nitrogens is 1. The lowest BCUT2D eigenvalue weighted by molar-refractivity contribution is 0.102. The average Bonchev–Trinajstić information content (AvgIpc) is 2.39. The van der Waals surface area contributed by atoms with Gasteiger partial charge in [-0.15, -0.1) is 0 Å². The molecule has 18 heavy (non-hydrogen) atoms. The Kier molecular flexibility index (Phi) is 3.57. The first kappa shape index (κ1) is 12.1. The van der Waals surface area contributed by atoms with Crippen LogP contribution in [0.15, 0.2) is 47.4 Å². The lowest BCUT2D eigenvalue weighted by atomic mass is 10.1. The van der Waals surface area contributed by atoms with Crippen LogP contribution in [0.4, 0.5) is 5.69 Å². The van der Waals surface area contributed by atoms with E-state index in [1.165, 1.54) is 17.8 Å².